The number of hydrogen-bond donors (Lipinski definition) is 1. The van der Waals surface area contributed by atoms with Crippen molar-refractivity contribution in [2.75, 3.05) is 7.11 Å². The molecule has 1 heterocycles. The molecule has 1 N–H and O–H groups in total. The number of nitrogens with zero attached hydrogens (tertiary/aromatic N) is 1. The molecule has 0 bridgehead atoms. The van der Waals surface area contributed by atoms with Crippen molar-refractivity contribution in [3.05, 3.63) is 64.3 Å². The van der Waals surface area contributed by atoms with Gasteiger partial charge in [-0.25, -0.2) is 4.79 Å². The van der Waals surface area contributed by atoms with E-state index in [0.717, 1.165) is 32.1 Å². The fraction of sp³-hybridized carbons (Fsp3) is 0.414. The SMILES string of the molecule is CCCCCCCCC(OC(=O)Cc1c(C)n(C(=O)c2ccc(Cl)cc2)c2ccc(OC)cc12)C(=O)O. The van der Waals surface area contributed by atoms with Crippen molar-refractivity contribution >= 4 is 40.3 Å². The van der Waals surface area contributed by atoms with Crippen molar-refractivity contribution in [1.82, 2.24) is 4.57 Å². The van der Waals surface area contributed by atoms with Crippen LogP contribution in [-0.4, -0.2) is 40.7 Å². The van der Waals surface area contributed by atoms with Crippen LogP contribution in [0.2, 0.25) is 5.02 Å². The van der Waals surface area contributed by atoms with Gasteiger partial charge in [0.2, 0.25) is 0 Å². The van der Waals surface area contributed by atoms with E-state index in [2.05, 4.69) is 6.92 Å². The number of unbranched alkanes of at least 4 members (excludes halogenated alkanes) is 5. The van der Waals surface area contributed by atoms with Crippen LogP contribution in [0.15, 0.2) is 42.5 Å². The van der Waals surface area contributed by atoms with E-state index < -0.39 is 18.0 Å². The minimum atomic E-state index is -1.20. The first kappa shape index (κ1) is 28.3. The molecule has 0 saturated carbocycles. The quantitative estimate of drug-likeness (QED) is 0.199. The van der Waals surface area contributed by atoms with Crippen LogP contribution < -0.4 is 4.74 Å². The molecule has 1 atom stereocenters. The molecule has 37 heavy (non-hydrogen) atoms. The molecule has 1 aromatic heterocycles. The highest BCUT2D eigenvalue weighted by atomic mass is 35.5. The lowest BCUT2D eigenvalue weighted by Gasteiger charge is -2.14. The Labute approximate surface area is 222 Å². The number of aliphatic carboxylic acids is 1. The Morgan fingerprint density at radius 1 is 1.00 bits per heavy atom. The zero-order valence-corrected chi connectivity index (χ0v) is 22.3. The number of rotatable bonds is 13. The van der Waals surface area contributed by atoms with Crippen LogP contribution in [0, 0.1) is 6.92 Å². The second-order valence-electron chi connectivity index (χ2n) is 9.14. The maximum absolute atomic E-state index is 13.4. The highest BCUT2D eigenvalue weighted by molar-refractivity contribution is 6.30. The molecule has 3 rings (SSSR count). The fourth-order valence-corrected chi connectivity index (χ4v) is 4.61. The summed E-state index contributed by atoms with van der Waals surface area (Å²) in [7, 11) is 1.54. The maximum Gasteiger partial charge on any atom is 0.345 e. The minimum Gasteiger partial charge on any atom is -0.497 e. The van der Waals surface area contributed by atoms with Gasteiger partial charge in [0.15, 0.2) is 6.10 Å². The number of methoxy groups -OCH3 is 1. The van der Waals surface area contributed by atoms with Gasteiger partial charge in [0.25, 0.3) is 5.91 Å². The number of aromatic nitrogens is 1. The van der Waals surface area contributed by atoms with Crippen LogP contribution in [0.1, 0.15) is 73.5 Å². The third kappa shape index (κ3) is 7.13. The standard InChI is InChI=1S/C29H34ClNO6/c1-4-5-6-7-8-9-10-26(29(34)35)37-27(32)18-23-19(2)31(25-16-15-22(36-3)17-24(23)25)28(33)20-11-13-21(30)14-12-20/h11-17,26H,4-10,18H2,1-3H3,(H,34,35). The van der Waals surface area contributed by atoms with E-state index in [9.17, 15) is 19.5 Å². The lowest BCUT2D eigenvalue weighted by molar-refractivity contribution is -0.164. The van der Waals surface area contributed by atoms with Crippen molar-refractivity contribution in [1.29, 1.82) is 0 Å². The van der Waals surface area contributed by atoms with E-state index >= 15 is 0 Å². The first-order valence-electron chi connectivity index (χ1n) is 12.7. The highest BCUT2D eigenvalue weighted by Crippen LogP contribution is 2.31. The normalized spacial score (nSPS) is 11.9. The molecular weight excluding hydrogens is 494 g/mol. The Hall–Kier alpha value is -3.32. The topological polar surface area (TPSA) is 94.8 Å². The number of fused-ring (bicyclic) bond motifs is 1. The number of carboxylic acids is 1. The average Bonchev–Trinajstić information content (AvgIpc) is 3.15. The van der Waals surface area contributed by atoms with E-state index in [1.807, 2.05) is 0 Å². The lowest BCUT2D eigenvalue weighted by Crippen LogP contribution is -2.28. The molecule has 3 aromatic rings. The molecule has 0 aliphatic carbocycles. The predicted molar refractivity (Wildman–Crippen MR) is 144 cm³/mol. The average molecular weight is 528 g/mol. The highest BCUT2D eigenvalue weighted by Gasteiger charge is 2.26. The first-order chi connectivity index (χ1) is 17.8. The number of carbonyl (C=O) groups is 3. The van der Waals surface area contributed by atoms with Gasteiger partial charge in [0.1, 0.15) is 5.75 Å². The van der Waals surface area contributed by atoms with E-state index in [4.69, 9.17) is 21.1 Å². The molecule has 198 valence electrons. The van der Waals surface area contributed by atoms with E-state index in [1.165, 1.54) is 7.11 Å². The summed E-state index contributed by atoms with van der Waals surface area (Å²) in [5, 5.41) is 10.8. The number of halogens is 1. The van der Waals surface area contributed by atoms with Gasteiger partial charge < -0.3 is 14.6 Å². The van der Waals surface area contributed by atoms with Gasteiger partial charge >= 0.3 is 11.9 Å². The van der Waals surface area contributed by atoms with Crippen molar-refractivity contribution < 1.29 is 29.0 Å². The van der Waals surface area contributed by atoms with E-state index in [1.54, 1.807) is 54.0 Å². The summed E-state index contributed by atoms with van der Waals surface area (Å²) in [5.41, 5.74) is 2.22. The van der Waals surface area contributed by atoms with Gasteiger partial charge in [0.05, 0.1) is 19.0 Å². The zero-order chi connectivity index (χ0) is 26.9. The fourth-order valence-electron chi connectivity index (χ4n) is 4.48. The van der Waals surface area contributed by atoms with Crippen LogP contribution in [0.5, 0.6) is 5.75 Å². The Morgan fingerprint density at radius 3 is 2.32 bits per heavy atom. The summed E-state index contributed by atoms with van der Waals surface area (Å²) in [6.45, 7) is 3.90. The predicted octanol–water partition coefficient (Wildman–Crippen LogP) is 6.59. The van der Waals surface area contributed by atoms with Gasteiger partial charge in [-0.05, 0) is 67.8 Å². The van der Waals surface area contributed by atoms with Gasteiger partial charge in [0, 0.05) is 21.7 Å². The third-order valence-electron chi connectivity index (χ3n) is 6.53. The summed E-state index contributed by atoms with van der Waals surface area (Å²) in [6, 6.07) is 11.9. The number of hydrogen-bond acceptors (Lipinski definition) is 5. The molecule has 0 aliphatic rings. The third-order valence-corrected chi connectivity index (χ3v) is 6.78. The van der Waals surface area contributed by atoms with Gasteiger partial charge in [-0.15, -0.1) is 0 Å². The van der Waals surface area contributed by atoms with Crippen molar-refractivity contribution in [3.63, 3.8) is 0 Å². The lowest BCUT2D eigenvalue weighted by atomic mass is 10.1. The molecule has 0 amide bonds. The Balaban J connectivity index is 1.84. The van der Waals surface area contributed by atoms with Crippen LogP contribution in [0.3, 0.4) is 0 Å². The largest absolute Gasteiger partial charge is 0.497 e. The molecule has 0 aliphatic heterocycles. The molecule has 7 nitrogen and oxygen atoms in total. The molecule has 0 saturated heterocycles. The van der Waals surface area contributed by atoms with Crippen molar-refractivity contribution in [2.24, 2.45) is 0 Å². The monoisotopic (exact) mass is 527 g/mol. The Bertz CT molecular complexity index is 1250. The second kappa shape index (κ2) is 13.3. The molecule has 0 spiro atoms. The summed E-state index contributed by atoms with van der Waals surface area (Å²) in [6.07, 6.45) is 4.95. The summed E-state index contributed by atoms with van der Waals surface area (Å²) < 4.78 is 12.3. The molecular formula is C29H34ClNO6. The number of carboxylic acid groups (broad SMARTS) is 1. The molecule has 8 heteroatoms. The van der Waals surface area contributed by atoms with Crippen LogP contribution in [0.25, 0.3) is 10.9 Å². The minimum absolute atomic E-state index is 0.170. The number of benzene rings is 2. The van der Waals surface area contributed by atoms with Gasteiger partial charge in [-0.2, -0.15) is 0 Å². The van der Waals surface area contributed by atoms with E-state index in [-0.39, 0.29) is 18.7 Å². The number of ether oxygens (including phenoxy) is 2. The zero-order valence-electron chi connectivity index (χ0n) is 21.6. The Morgan fingerprint density at radius 2 is 1.68 bits per heavy atom. The van der Waals surface area contributed by atoms with Crippen LogP contribution >= 0.6 is 11.6 Å². The van der Waals surface area contributed by atoms with E-state index in [0.29, 0.717) is 44.9 Å². The molecule has 0 radical (unpaired) electrons. The second-order valence-corrected chi connectivity index (χ2v) is 9.58. The number of esters is 1. The maximum atomic E-state index is 13.4. The summed E-state index contributed by atoms with van der Waals surface area (Å²) >= 11 is 5.98. The summed E-state index contributed by atoms with van der Waals surface area (Å²) in [5.74, 6) is -1.50. The molecule has 2 aromatic carbocycles. The molecule has 0 fully saturated rings. The summed E-state index contributed by atoms with van der Waals surface area (Å²) in [4.78, 5) is 38.1. The Kier molecular flexibility index (Phi) is 10.1. The first-order valence-corrected chi connectivity index (χ1v) is 13.0. The van der Waals surface area contributed by atoms with Crippen molar-refractivity contribution in [3.8, 4) is 5.75 Å². The smallest absolute Gasteiger partial charge is 0.345 e. The van der Waals surface area contributed by atoms with Crippen molar-refractivity contribution in [2.45, 2.75) is 71.3 Å². The van der Waals surface area contributed by atoms with Gasteiger partial charge in [-0.3, -0.25) is 14.2 Å². The van der Waals surface area contributed by atoms with Crippen LogP contribution in [0.4, 0.5) is 0 Å². The van der Waals surface area contributed by atoms with Crippen LogP contribution in [-0.2, 0) is 20.7 Å². The number of carbonyl (C=O) groups excluding carboxylic acids is 2. The molecule has 1 unspecified atom stereocenters. The van der Waals surface area contributed by atoms with Gasteiger partial charge in [-0.1, -0.05) is 50.6 Å².